The summed E-state index contributed by atoms with van der Waals surface area (Å²) in [5, 5.41) is 4.93. The number of benzene rings is 1. The Labute approximate surface area is 123 Å². The Balaban J connectivity index is 2.18. The number of ether oxygens (including phenoxy) is 1. The Bertz CT molecular complexity index is 486. The van der Waals surface area contributed by atoms with Crippen molar-refractivity contribution in [3.8, 4) is 5.75 Å². The van der Waals surface area contributed by atoms with Crippen molar-refractivity contribution in [2.24, 2.45) is 4.99 Å². The van der Waals surface area contributed by atoms with Gasteiger partial charge in [-0.3, -0.25) is 4.99 Å². The van der Waals surface area contributed by atoms with Gasteiger partial charge in [0.2, 0.25) is 0 Å². The highest BCUT2D eigenvalue weighted by molar-refractivity contribution is 8.14. The van der Waals surface area contributed by atoms with Gasteiger partial charge in [0.05, 0.1) is 23.4 Å². The Morgan fingerprint density at radius 2 is 2.16 bits per heavy atom. The van der Waals surface area contributed by atoms with E-state index in [1.54, 1.807) is 18.9 Å². The Morgan fingerprint density at radius 1 is 1.42 bits per heavy atom. The molecule has 0 saturated carbocycles. The third-order valence-electron chi connectivity index (χ3n) is 3.55. The van der Waals surface area contributed by atoms with Crippen molar-refractivity contribution in [2.45, 2.75) is 32.2 Å². The first-order valence-electron chi connectivity index (χ1n) is 6.45. The van der Waals surface area contributed by atoms with E-state index in [9.17, 15) is 0 Å². The van der Waals surface area contributed by atoms with Crippen molar-refractivity contribution in [3.63, 3.8) is 0 Å². The van der Waals surface area contributed by atoms with Crippen LogP contribution in [0.4, 0.5) is 5.69 Å². The lowest BCUT2D eigenvalue weighted by Crippen LogP contribution is -2.24. The van der Waals surface area contributed by atoms with Crippen LogP contribution >= 0.6 is 23.4 Å². The number of rotatable bonds is 4. The molecule has 1 N–H and O–H groups in total. The monoisotopic (exact) mass is 298 g/mol. The van der Waals surface area contributed by atoms with Crippen molar-refractivity contribution in [3.05, 3.63) is 23.2 Å². The predicted octanol–water partition coefficient (Wildman–Crippen LogP) is 4.42. The molecule has 0 fully saturated rings. The first-order chi connectivity index (χ1) is 9.12. The molecule has 1 aliphatic rings. The molecule has 19 heavy (non-hydrogen) atoms. The highest BCUT2D eigenvalue weighted by Gasteiger charge is 2.32. The lowest BCUT2D eigenvalue weighted by molar-refractivity contribution is 0.415. The summed E-state index contributed by atoms with van der Waals surface area (Å²) in [6.07, 6.45) is 2.13. The molecule has 1 aliphatic heterocycles. The summed E-state index contributed by atoms with van der Waals surface area (Å²) in [4.78, 5) is 4.82. The molecule has 1 aromatic carbocycles. The van der Waals surface area contributed by atoms with E-state index in [1.165, 1.54) is 0 Å². The number of aliphatic imine (C=N–C) groups is 1. The minimum atomic E-state index is 0.0817. The number of thioether (sulfide) groups is 1. The molecule has 0 radical (unpaired) electrons. The van der Waals surface area contributed by atoms with E-state index in [-0.39, 0.29) is 5.54 Å². The summed E-state index contributed by atoms with van der Waals surface area (Å²) in [6.45, 7) is 4.38. The maximum atomic E-state index is 6.19. The number of methoxy groups -OCH3 is 1. The quantitative estimate of drug-likeness (QED) is 0.893. The molecular formula is C14H19ClN2OS. The molecular weight excluding hydrogens is 280 g/mol. The highest BCUT2D eigenvalue weighted by Crippen LogP contribution is 2.35. The molecule has 104 valence electrons. The second kappa shape index (κ2) is 6.06. The first kappa shape index (κ1) is 14.5. The molecule has 1 heterocycles. The van der Waals surface area contributed by atoms with Gasteiger partial charge in [-0.15, -0.1) is 0 Å². The normalized spacial score (nSPS) is 17.2. The molecule has 1 aromatic rings. The highest BCUT2D eigenvalue weighted by atomic mass is 35.5. The van der Waals surface area contributed by atoms with Crippen molar-refractivity contribution < 1.29 is 4.74 Å². The zero-order valence-corrected chi connectivity index (χ0v) is 13.1. The summed E-state index contributed by atoms with van der Waals surface area (Å²) in [7, 11) is 1.65. The molecule has 0 unspecified atom stereocenters. The molecule has 0 aliphatic carbocycles. The summed E-state index contributed by atoms with van der Waals surface area (Å²) >= 11 is 7.94. The summed E-state index contributed by atoms with van der Waals surface area (Å²) in [5.41, 5.74) is 0.925. The largest absolute Gasteiger partial charge is 0.497 e. The van der Waals surface area contributed by atoms with Crippen LogP contribution in [0.3, 0.4) is 0 Å². The number of nitrogens with zero attached hydrogens (tertiary/aromatic N) is 1. The van der Waals surface area contributed by atoms with E-state index in [4.69, 9.17) is 21.3 Å². The first-order valence-corrected chi connectivity index (χ1v) is 7.82. The van der Waals surface area contributed by atoms with Gasteiger partial charge in [-0.1, -0.05) is 37.2 Å². The van der Waals surface area contributed by atoms with Gasteiger partial charge < -0.3 is 10.1 Å². The second-order valence-electron chi connectivity index (χ2n) is 4.61. The van der Waals surface area contributed by atoms with Crippen LogP contribution in [0.2, 0.25) is 5.02 Å². The van der Waals surface area contributed by atoms with Crippen LogP contribution in [0.25, 0.3) is 0 Å². The van der Waals surface area contributed by atoms with E-state index < -0.39 is 0 Å². The van der Waals surface area contributed by atoms with Gasteiger partial charge >= 0.3 is 0 Å². The van der Waals surface area contributed by atoms with Gasteiger partial charge in [-0.25, -0.2) is 0 Å². The Morgan fingerprint density at radius 3 is 2.74 bits per heavy atom. The third kappa shape index (κ3) is 3.18. The van der Waals surface area contributed by atoms with E-state index >= 15 is 0 Å². The van der Waals surface area contributed by atoms with Gasteiger partial charge in [-0.05, 0) is 25.0 Å². The number of halogens is 1. The van der Waals surface area contributed by atoms with Crippen LogP contribution in [0.5, 0.6) is 5.75 Å². The van der Waals surface area contributed by atoms with Gasteiger partial charge in [-0.2, -0.15) is 0 Å². The Hall–Kier alpha value is -0.870. The number of nitrogens with one attached hydrogen (secondary N) is 1. The van der Waals surface area contributed by atoms with Crippen LogP contribution in [0, 0.1) is 0 Å². The van der Waals surface area contributed by atoms with Gasteiger partial charge in [0.1, 0.15) is 5.75 Å². The number of anilines is 1. The van der Waals surface area contributed by atoms with E-state index in [0.29, 0.717) is 5.02 Å². The van der Waals surface area contributed by atoms with Crippen LogP contribution in [-0.2, 0) is 0 Å². The minimum Gasteiger partial charge on any atom is -0.497 e. The average Bonchev–Trinajstić information content (AvgIpc) is 2.85. The van der Waals surface area contributed by atoms with E-state index in [1.807, 2.05) is 18.2 Å². The fourth-order valence-corrected chi connectivity index (χ4v) is 3.48. The third-order valence-corrected chi connectivity index (χ3v) is 5.03. The zero-order chi connectivity index (χ0) is 13.9. The lowest BCUT2D eigenvalue weighted by Gasteiger charge is -2.20. The molecule has 2 rings (SSSR count). The number of hydrogen-bond donors (Lipinski definition) is 1. The van der Waals surface area contributed by atoms with Crippen LogP contribution in [0.1, 0.15) is 26.7 Å². The molecule has 5 heteroatoms. The fraction of sp³-hybridized carbons (Fsp3) is 0.500. The van der Waals surface area contributed by atoms with Gasteiger partial charge in [0.25, 0.3) is 0 Å². The topological polar surface area (TPSA) is 33.6 Å². The lowest BCUT2D eigenvalue weighted by atomic mass is 9.97. The molecule has 0 atom stereocenters. The maximum Gasteiger partial charge on any atom is 0.161 e. The van der Waals surface area contributed by atoms with E-state index in [0.717, 1.165) is 35.2 Å². The smallest absolute Gasteiger partial charge is 0.161 e. The minimum absolute atomic E-state index is 0.0817. The summed E-state index contributed by atoms with van der Waals surface area (Å²) in [6, 6.07) is 5.57. The SMILES string of the molecule is CCC1(CC)CSC(Nc2cc(OC)ccc2Cl)=N1. The average molecular weight is 299 g/mol. The molecule has 3 nitrogen and oxygen atoms in total. The number of amidine groups is 1. The fourth-order valence-electron chi connectivity index (χ4n) is 2.00. The van der Waals surface area contributed by atoms with Crippen LogP contribution < -0.4 is 10.1 Å². The molecule has 0 amide bonds. The molecule has 0 saturated heterocycles. The standard InChI is InChI=1S/C14H19ClN2OS/c1-4-14(5-2)9-19-13(17-14)16-12-8-10(18-3)6-7-11(12)15/h6-8H,4-5,9H2,1-3H3,(H,16,17). The van der Waals surface area contributed by atoms with E-state index in [2.05, 4.69) is 19.2 Å². The predicted molar refractivity (Wildman–Crippen MR) is 84.8 cm³/mol. The van der Waals surface area contributed by atoms with Crippen LogP contribution in [-0.4, -0.2) is 23.6 Å². The number of hydrogen-bond acceptors (Lipinski definition) is 4. The maximum absolute atomic E-state index is 6.19. The molecule has 0 bridgehead atoms. The van der Waals surface area contributed by atoms with Crippen molar-refractivity contribution in [2.75, 3.05) is 18.2 Å². The summed E-state index contributed by atoms with van der Waals surface area (Å²) < 4.78 is 5.21. The summed E-state index contributed by atoms with van der Waals surface area (Å²) in [5.74, 6) is 1.82. The molecule has 0 aromatic heterocycles. The van der Waals surface area contributed by atoms with Crippen molar-refractivity contribution in [1.82, 2.24) is 0 Å². The second-order valence-corrected chi connectivity index (χ2v) is 5.98. The van der Waals surface area contributed by atoms with Gasteiger partial charge in [0, 0.05) is 11.8 Å². The van der Waals surface area contributed by atoms with Crippen molar-refractivity contribution >= 4 is 34.2 Å². The molecule has 0 spiro atoms. The zero-order valence-electron chi connectivity index (χ0n) is 11.5. The Kier molecular flexibility index (Phi) is 4.63. The van der Waals surface area contributed by atoms with Crippen molar-refractivity contribution in [1.29, 1.82) is 0 Å². The van der Waals surface area contributed by atoms with Gasteiger partial charge in [0.15, 0.2) is 5.17 Å². The van der Waals surface area contributed by atoms with Crippen LogP contribution in [0.15, 0.2) is 23.2 Å².